The zero-order chi connectivity index (χ0) is 13.6. The Kier molecular flexibility index (Phi) is 5.34. The maximum atomic E-state index is 11.9. The largest absolute Gasteiger partial charge is 0.480 e. The van der Waals surface area contributed by atoms with Crippen LogP contribution in [0.4, 0.5) is 0 Å². The van der Waals surface area contributed by atoms with Crippen LogP contribution in [0.2, 0.25) is 0 Å². The predicted octanol–water partition coefficient (Wildman–Crippen LogP) is 1.18. The van der Waals surface area contributed by atoms with Gasteiger partial charge < -0.3 is 16.2 Å². The van der Waals surface area contributed by atoms with Crippen LogP contribution in [0.1, 0.15) is 44.9 Å². The minimum absolute atomic E-state index is 0.349. The second-order valence-corrected chi connectivity index (χ2v) is 4.92. The van der Waals surface area contributed by atoms with Gasteiger partial charge in [-0.25, -0.2) is 4.79 Å². The van der Waals surface area contributed by atoms with E-state index in [1.165, 1.54) is 0 Å². The first-order valence-corrected chi connectivity index (χ1v) is 6.44. The highest BCUT2D eigenvalue weighted by Gasteiger charge is 2.40. The van der Waals surface area contributed by atoms with Crippen LogP contribution < -0.4 is 11.1 Å². The second-order valence-electron chi connectivity index (χ2n) is 4.92. The molecule has 102 valence electrons. The molecule has 18 heavy (non-hydrogen) atoms. The van der Waals surface area contributed by atoms with Crippen molar-refractivity contribution in [3.63, 3.8) is 0 Å². The summed E-state index contributed by atoms with van der Waals surface area (Å²) < 4.78 is 0. The number of hydrogen-bond donors (Lipinski definition) is 3. The molecule has 0 bridgehead atoms. The minimum atomic E-state index is -1.13. The Hall–Kier alpha value is -1.36. The number of rotatable bonds is 5. The summed E-state index contributed by atoms with van der Waals surface area (Å²) in [5.74, 6) is -1.36. The molecule has 4 N–H and O–H groups in total. The van der Waals surface area contributed by atoms with E-state index >= 15 is 0 Å². The molecule has 0 aromatic carbocycles. The van der Waals surface area contributed by atoms with Gasteiger partial charge in [0.05, 0.1) is 6.04 Å². The number of aliphatic carboxylic acids is 1. The monoisotopic (exact) mass is 254 g/mol. The Balaban J connectivity index is 2.75. The lowest BCUT2D eigenvalue weighted by molar-refractivity contribution is -0.148. The van der Waals surface area contributed by atoms with Crippen LogP contribution in [0.3, 0.4) is 0 Å². The number of amides is 1. The molecule has 1 saturated carbocycles. The third-order valence-electron chi connectivity index (χ3n) is 3.49. The molecule has 1 aliphatic rings. The number of nitrogens with two attached hydrogens (primary N) is 1. The molecule has 0 saturated heterocycles. The van der Waals surface area contributed by atoms with E-state index in [9.17, 15) is 14.7 Å². The molecule has 5 heteroatoms. The maximum Gasteiger partial charge on any atom is 0.329 e. The van der Waals surface area contributed by atoms with Crippen LogP contribution in [0.5, 0.6) is 0 Å². The standard InChI is InChI=1S/C13H22N2O3/c1-2-7-10(14)11(16)15-13(12(17)18)8-5-3-4-6-9-13/h2,10H,1,3-9,14H2,(H,15,16)(H,17,18). The molecule has 1 unspecified atom stereocenters. The third-order valence-corrected chi connectivity index (χ3v) is 3.49. The highest BCUT2D eigenvalue weighted by atomic mass is 16.4. The summed E-state index contributed by atoms with van der Waals surface area (Å²) in [6.45, 7) is 3.52. The van der Waals surface area contributed by atoms with Crippen LogP contribution in [0, 0.1) is 0 Å². The summed E-state index contributed by atoms with van der Waals surface area (Å²) in [5.41, 5.74) is 4.53. The fourth-order valence-corrected chi connectivity index (χ4v) is 2.34. The van der Waals surface area contributed by atoms with Gasteiger partial charge in [0, 0.05) is 0 Å². The Morgan fingerprint density at radius 2 is 1.89 bits per heavy atom. The lowest BCUT2D eigenvalue weighted by Gasteiger charge is -2.30. The van der Waals surface area contributed by atoms with Gasteiger partial charge >= 0.3 is 5.97 Å². The molecule has 0 heterocycles. The summed E-state index contributed by atoms with van der Waals surface area (Å²) in [6.07, 6.45) is 6.55. The van der Waals surface area contributed by atoms with Gasteiger partial charge in [0.15, 0.2) is 0 Å². The van der Waals surface area contributed by atoms with Gasteiger partial charge in [-0.15, -0.1) is 6.58 Å². The van der Waals surface area contributed by atoms with Crippen molar-refractivity contribution in [2.24, 2.45) is 5.73 Å². The van der Waals surface area contributed by atoms with Crippen molar-refractivity contribution in [3.05, 3.63) is 12.7 Å². The number of carbonyl (C=O) groups is 2. The van der Waals surface area contributed by atoms with E-state index < -0.39 is 23.5 Å². The molecule has 1 fully saturated rings. The van der Waals surface area contributed by atoms with E-state index in [-0.39, 0.29) is 0 Å². The van der Waals surface area contributed by atoms with Crippen LogP contribution >= 0.6 is 0 Å². The zero-order valence-electron chi connectivity index (χ0n) is 10.7. The minimum Gasteiger partial charge on any atom is -0.480 e. The third kappa shape index (κ3) is 3.57. The average molecular weight is 254 g/mol. The first kappa shape index (κ1) is 14.7. The van der Waals surface area contributed by atoms with Crippen LogP contribution in [0.15, 0.2) is 12.7 Å². The normalized spacial score (nSPS) is 20.5. The van der Waals surface area contributed by atoms with E-state index in [1.807, 2.05) is 0 Å². The summed E-state index contributed by atoms with van der Waals surface area (Å²) in [5, 5.41) is 12.0. The van der Waals surface area contributed by atoms with Crippen molar-refractivity contribution < 1.29 is 14.7 Å². The summed E-state index contributed by atoms with van der Waals surface area (Å²) in [6, 6.07) is -0.720. The molecule has 0 aliphatic heterocycles. The van der Waals surface area contributed by atoms with E-state index in [2.05, 4.69) is 11.9 Å². The molecule has 1 amide bonds. The van der Waals surface area contributed by atoms with E-state index in [0.29, 0.717) is 19.3 Å². The first-order chi connectivity index (χ1) is 8.52. The Morgan fingerprint density at radius 1 is 1.33 bits per heavy atom. The number of nitrogens with one attached hydrogen (secondary N) is 1. The summed E-state index contributed by atoms with van der Waals surface area (Å²) >= 11 is 0. The van der Waals surface area contributed by atoms with Crippen molar-refractivity contribution in [1.29, 1.82) is 0 Å². The van der Waals surface area contributed by atoms with Crippen molar-refractivity contribution in [3.8, 4) is 0 Å². The number of carboxylic acid groups (broad SMARTS) is 1. The van der Waals surface area contributed by atoms with Gasteiger partial charge in [0.2, 0.25) is 5.91 Å². The smallest absolute Gasteiger partial charge is 0.329 e. The molecule has 0 aromatic rings. The van der Waals surface area contributed by atoms with Crippen molar-refractivity contribution >= 4 is 11.9 Å². The number of hydrogen-bond acceptors (Lipinski definition) is 3. The van der Waals surface area contributed by atoms with Crippen molar-refractivity contribution in [2.75, 3.05) is 0 Å². The molecular formula is C13H22N2O3. The van der Waals surface area contributed by atoms with Gasteiger partial charge in [-0.2, -0.15) is 0 Å². The van der Waals surface area contributed by atoms with Crippen LogP contribution in [-0.4, -0.2) is 28.6 Å². The molecule has 1 aliphatic carbocycles. The molecule has 0 aromatic heterocycles. The quantitative estimate of drug-likeness (QED) is 0.507. The predicted molar refractivity (Wildman–Crippen MR) is 69.0 cm³/mol. The van der Waals surface area contributed by atoms with Gasteiger partial charge in [-0.05, 0) is 19.3 Å². The Bertz CT molecular complexity index is 320. The Labute approximate surface area is 107 Å². The number of carbonyl (C=O) groups excluding carboxylic acids is 1. The fraction of sp³-hybridized carbons (Fsp3) is 0.692. The lowest BCUT2D eigenvalue weighted by Crippen LogP contribution is -2.57. The lowest BCUT2D eigenvalue weighted by atomic mass is 9.89. The molecule has 1 rings (SSSR count). The molecule has 1 atom stereocenters. The number of carboxylic acids is 1. The average Bonchev–Trinajstić information content (AvgIpc) is 2.56. The van der Waals surface area contributed by atoms with Crippen LogP contribution in [-0.2, 0) is 9.59 Å². The van der Waals surface area contributed by atoms with Crippen LogP contribution in [0.25, 0.3) is 0 Å². The van der Waals surface area contributed by atoms with Crippen molar-refractivity contribution in [1.82, 2.24) is 5.32 Å². The zero-order valence-corrected chi connectivity index (χ0v) is 10.7. The topological polar surface area (TPSA) is 92.4 Å². The summed E-state index contributed by atoms with van der Waals surface area (Å²) in [4.78, 5) is 23.3. The van der Waals surface area contributed by atoms with Crippen molar-refractivity contribution in [2.45, 2.75) is 56.5 Å². The maximum absolute atomic E-state index is 11.9. The Morgan fingerprint density at radius 3 is 2.33 bits per heavy atom. The second kappa shape index (κ2) is 6.54. The summed E-state index contributed by atoms with van der Waals surface area (Å²) in [7, 11) is 0. The highest BCUT2D eigenvalue weighted by molar-refractivity contribution is 5.89. The molecule has 5 nitrogen and oxygen atoms in total. The van der Waals surface area contributed by atoms with E-state index in [4.69, 9.17) is 5.73 Å². The van der Waals surface area contributed by atoms with E-state index in [0.717, 1.165) is 25.7 Å². The molecule has 0 spiro atoms. The molecule has 0 radical (unpaired) electrons. The van der Waals surface area contributed by atoms with E-state index in [1.54, 1.807) is 6.08 Å². The van der Waals surface area contributed by atoms with Gasteiger partial charge in [0.1, 0.15) is 5.54 Å². The first-order valence-electron chi connectivity index (χ1n) is 6.44. The van der Waals surface area contributed by atoms with Gasteiger partial charge in [-0.1, -0.05) is 31.8 Å². The fourth-order valence-electron chi connectivity index (χ4n) is 2.34. The van der Waals surface area contributed by atoms with Gasteiger partial charge in [0.25, 0.3) is 0 Å². The van der Waals surface area contributed by atoms with Gasteiger partial charge in [-0.3, -0.25) is 4.79 Å². The molecular weight excluding hydrogens is 232 g/mol. The highest BCUT2D eigenvalue weighted by Crippen LogP contribution is 2.27. The SMILES string of the molecule is C=CCC(N)C(=O)NC1(C(=O)O)CCCCCC1.